The molecule has 8 nitrogen and oxygen atoms in total. The Hall–Kier alpha value is -4.97. The van der Waals surface area contributed by atoms with Gasteiger partial charge in [-0.1, -0.05) is 110 Å². The molecule has 4 unspecified atom stereocenters. The van der Waals surface area contributed by atoms with E-state index in [1.807, 2.05) is 78.9 Å². The minimum atomic E-state index is -0.562. The van der Waals surface area contributed by atoms with E-state index in [0.29, 0.717) is 12.1 Å². The number of benzene rings is 5. The van der Waals surface area contributed by atoms with Crippen LogP contribution in [0, 0.1) is 5.92 Å². The topological polar surface area (TPSA) is 106 Å². The van der Waals surface area contributed by atoms with Gasteiger partial charge in [-0.3, -0.25) is 9.78 Å². The third-order valence-electron chi connectivity index (χ3n) is 9.35. The van der Waals surface area contributed by atoms with Gasteiger partial charge < -0.3 is 19.9 Å². The molecule has 1 saturated heterocycles. The highest BCUT2D eigenvalue weighted by Crippen LogP contribution is 2.44. The van der Waals surface area contributed by atoms with Gasteiger partial charge >= 0.3 is 0 Å². The monoisotopic (exact) mass is 724 g/mol. The molecular formula is C42H36N4O4S2. The number of fused-ring (bicyclic) bond motifs is 2. The molecule has 0 bridgehead atoms. The van der Waals surface area contributed by atoms with Gasteiger partial charge in [0.05, 0.1) is 46.3 Å². The largest absolute Gasteiger partial charge is 0.392 e. The number of thiazole rings is 1. The van der Waals surface area contributed by atoms with Crippen molar-refractivity contribution in [3.8, 4) is 11.1 Å². The molecular weight excluding hydrogens is 689 g/mol. The Morgan fingerprint density at radius 2 is 1.54 bits per heavy atom. The summed E-state index contributed by atoms with van der Waals surface area (Å²) in [7, 11) is 0. The Labute approximate surface area is 309 Å². The van der Waals surface area contributed by atoms with Gasteiger partial charge in [-0.15, -0.1) is 11.3 Å². The van der Waals surface area contributed by atoms with E-state index in [1.165, 1.54) is 10.9 Å². The zero-order valence-corrected chi connectivity index (χ0v) is 30.0. The molecule has 7 aromatic rings. The number of nitrogens with one attached hydrogen (secondary N) is 1. The van der Waals surface area contributed by atoms with Crippen molar-refractivity contribution in [1.82, 2.24) is 20.3 Å². The number of aliphatic hydroxyl groups excluding tert-OH is 1. The van der Waals surface area contributed by atoms with Gasteiger partial charge in [0.1, 0.15) is 5.69 Å². The SMILES string of the molecule is CC1C(CSc2nc3ccccc3s2)OC(c2ccc(-c3cccc(CNC(=O)c4cnc5ccccc5n4)c3)cc2)OC1c1ccc(CO)cc1. The van der Waals surface area contributed by atoms with E-state index in [-0.39, 0.29) is 36.3 Å². The third kappa shape index (κ3) is 7.48. The molecule has 3 heterocycles. The molecule has 1 amide bonds. The lowest BCUT2D eigenvalue weighted by Crippen LogP contribution is -2.38. The summed E-state index contributed by atoms with van der Waals surface area (Å²) in [6.45, 7) is 2.54. The lowest BCUT2D eigenvalue weighted by molar-refractivity contribution is -0.268. The summed E-state index contributed by atoms with van der Waals surface area (Å²) in [5.41, 5.74) is 8.64. The van der Waals surface area contributed by atoms with Crippen LogP contribution in [0.2, 0.25) is 0 Å². The zero-order chi connectivity index (χ0) is 35.4. The molecule has 260 valence electrons. The minimum Gasteiger partial charge on any atom is -0.392 e. The number of amides is 1. The van der Waals surface area contributed by atoms with Crippen molar-refractivity contribution < 1.29 is 19.4 Å². The van der Waals surface area contributed by atoms with Gasteiger partial charge in [-0.2, -0.15) is 0 Å². The van der Waals surface area contributed by atoms with Crippen molar-refractivity contribution in [1.29, 1.82) is 0 Å². The van der Waals surface area contributed by atoms with E-state index >= 15 is 0 Å². The van der Waals surface area contributed by atoms with Crippen molar-refractivity contribution in [2.45, 2.75) is 42.9 Å². The number of para-hydroxylation sites is 3. The first-order valence-electron chi connectivity index (χ1n) is 17.2. The van der Waals surface area contributed by atoms with Crippen LogP contribution in [0.4, 0.5) is 0 Å². The van der Waals surface area contributed by atoms with Crippen LogP contribution in [-0.4, -0.2) is 37.8 Å². The van der Waals surface area contributed by atoms with Crippen LogP contribution in [0.3, 0.4) is 0 Å². The van der Waals surface area contributed by atoms with E-state index < -0.39 is 6.29 Å². The molecule has 1 aliphatic rings. The maximum absolute atomic E-state index is 12.9. The highest BCUT2D eigenvalue weighted by atomic mass is 32.2. The molecule has 5 aromatic carbocycles. The second-order valence-corrected chi connectivity index (χ2v) is 15.1. The Morgan fingerprint density at radius 3 is 2.33 bits per heavy atom. The molecule has 0 aliphatic carbocycles. The Balaban J connectivity index is 0.973. The minimum absolute atomic E-state index is 0.00106. The van der Waals surface area contributed by atoms with Crippen molar-refractivity contribution in [2.24, 2.45) is 5.92 Å². The Bertz CT molecular complexity index is 2300. The predicted molar refractivity (Wildman–Crippen MR) is 206 cm³/mol. The van der Waals surface area contributed by atoms with Crippen LogP contribution >= 0.6 is 23.1 Å². The van der Waals surface area contributed by atoms with E-state index in [9.17, 15) is 9.90 Å². The fourth-order valence-corrected chi connectivity index (χ4v) is 8.67. The van der Waals surface area contributed by atoms with Crippen LogP contribution in [0.15, 0.2) is 132 Å². The molecule has 1 fully saturated rings. The number of carbonyl (C=O) groups excluding carboxylic acids is 1. The number of aromatic nitrogens is 3. The normalized spacial score (nSPS) is 18.8. The van der Waals surface area contributed by atoms with Crippen LogP contribution in [0.25, 0.3) is 32.4 Å². The molecule has 2 N–H and O–H groups in total. The van der Waals surface area contributed by atoms with Gasteiger partial charge in [0.25, 0.3) is 5.91 Å². The number of nitrogens with zero attached hydrogens (tertiary/aromatic N) is 3. The smallest absolute Gasteiger partial charge is 0.271 e. The van der Waals surface area contributed by atoms with E-state index in [0.717, 1.165) is 54.5 Å². The van der Waals surface area contributed by atoms with Crippen molar-refractivity contribution in [3.05, 3.63) is 155 Å². The molecule has 0 radical (unpaired) electrons. The van der Waals surface area contributed by atoms with Gasteiger partial charge in [0, 0.05) is 23.8 Å². The van der Waals surface area contributed by atoms with Gasteiger partial charge in [-0.05, 0) is 58.1 Å². The highest BCUT2D eigenvalue weighted by molar-refractivity contribution is 8.01. The number of aliphatic hydroxyl groups is 1. The Kier molecular flexibility index (Phi) is 10.1. The molecule has 4 atom stereocenters. The summed E-state index contributed by atoms with van der Waals surface area (Å²) in [6.07, 6.45) is 0.660. The lowest BCUT2D eigenvalue weighted by atomic mass is 9.91. The first-order chi connectivity index (χ1) is 25.5. The molecule has 10 heteroatoms. The summed E-state index contributed by atoms with van der Waals surface area (Å²) in [6, 6.07) is 40.1. The van der Waals surface area contributed by atoms with Crippen molar-refractivity contribution in [2.75, 3.05) is 5.75 Å². The summed E-state index contributed by atoms with van der Waals surface area (Å²) in [5.74, 6) is 0.545. The number of rotatable bonds is 10. The summed E-state index contributed by atoms with van der Waals surface area (Å²) < 4.78 is 15.6. The third-order valence-corrected chi connectivity index (χ3v) is 11.6. The average Bonchev–Trinajstić information content (AvgIpc) is 3.63. The first-order valence-corrected chi connectivity index (χ1v) is 19.0. The fraction of sp³-hybridized carbons (Fsp3) is 0.190. The van der Waals surface area contributed by atoms with Crippen LogP contribution < -0.4 is 5.32 Å². The molecule has 0 spiro atoms. The standard InChI is InChI=1S/C42H36N4O4S2/c1-26-37(25-51-42-46-35-11-4-5-12-38(35)52-42)49-41(50-39(26)30-15-13-27(24-47)14-16-30)31-19-17-29(18-20-31)32-8-6-7-28(21-32)22-44-40(48)36-23-43-33-9-2-3-10-34(33)45-36/h2-21,23,26,37,39,41,47H,22,24-25H2,1H3,(H,44,48). The van der Waals surface area contributed by atoms with E-state index in [2.05, 4.69) is 64.7 Å². The molecule has 52 heavy (non-hydrogen) atoms. The van der Waals surface area contributed by atoms with Crippen LogP contribution in [-0.2, 0) is 22.6 Å². The average molecular weight is 725 g/mol. The Morgan fingerprint density at radius 1 is 0.788 bits per heavy atom. The van der Waals surface area contributed by atoms with Crippen molar-refractivity contribution in [3.63, 3.8) is 0 Å². The number of thioether (sulfide) groups is 1. The summed E-state index contributed by atoms with van der Waals surface area (Å²) in [5, 5.41) is 12.6. The van der Waals surface area contributed by atoms with Crippen molar-refractivity contribution >= 4 is 50.3 Å². The number of carbonyl (C=O) groups is 1. The van der Waals surface area contributed by atoms with Gasteiger partial charge in [-0.25, -0.2) is 9.97 Å². The number of hydrogen-bond donors (Lipinski definition) is 2. The summed E-state index contributed by atoms with van der Waals surface area (Å²) >= 11 is 3.43. The van der Waals surface area contributed by atoms with Crippen LogP contribution in [0.1, 0.15) is 52.1 Å². The first kappa shape index (κ1) is 34.1. The lowest BCUT2D eigenvalue weighted by Gasteiger charge is -2.41. The molecule has 0 saturated carbocycles. The molecule has 2 aromatic heterocycles. The molecule has 8 rings (SSSR count). The predicted octanol–water partition coefficient (Wildman–Crippen LogP) is 8.91. The second kappa shape index (κ2) is 15.3. The quantitative estimate of drug-likeness (QED) is 0.135. The fourth-order valence-electron chi connectivity index (χ4n) is 6.41. The van der Waals surface area contributed by atoms with E-state index in [4.69, 9.17) is 14.5 Å². The summed E-state index contributed by atoms with van der Waals surface area (Å²) in [4.78, 5) is 26.5. The maximum Gasteiger partial charge on any atom is 0.271 e. The van der Waals surface area contributed by atoms with Gasteiger partial charge in [0.2, 0.25) is 0 Å². The second-order valence-electron chi connectivity index (χ2n) is 12.8. The van der Waals surface area contributed by atoms with Crippen LogP contribution in [0.5, 0.6) is 0 Å². The highest BCUT2D eigenvalue weighted by Gasteiger charge is 2.38. The maximum atomic E-state index is 12.9. The number of hydrogen-bond acceptors (Lipinski definition) is 9. The molecule has 1 aliphatic heterocycles. The van der Waals surface area contributed by atoms with E-state index in [1.54, 1.807) is 23.1 Å². The number of ether oxygens (including phenoxy) is 2. The zero-order valence-electron chi connectivity index (χ0n) is 28.4. The van der Waals surface area contributed by atoms with Gasteiger partial charge in [0.15, 0.2) is 10.6 Å².